The summed E-state index contributed by atoms with van der Waals surface area (Å²) in [6, 6.07) is 17.7. The van der Waals surface area contributed by atoms with Crippen LogP contribution in [0.4, 0.5) is 0 Å². The number of likely N-dealkylation sites (tertiary alicyclic amines) is 1. The molecule has 6 nitrogen and oxygen atoms in total. The van der Waals surface area contributed by atoms with Crippen molar-refractivity contribution >= 4 is 17.4 Å². The average molecular weight is 386 g/mol. The van der Waals surface area contributed by atoms with E-state index in [2.05, 4.69) is 4.98 Å². The molecule has 1 saturated heterocycles. The van der Waals surface area contributed by atoms with Gasteiger partial charge >= 0.3 is 0 Å². The lowest BCUT2D eigenvalue weighted by atomic mass is 9.95. The Kier molecular flexibility index (Phi) is 4.83. The standard InChI is InChI=1S/C23H18N2O4/c26-18-10-8-16(9-11-18)20-19(21(27)17-6-2-1-3-7-17)22(28)23(29)25(20)14-15-5-4-12-24-13-15/h1-13,20,26-27H,14H2. The van der Waals surface area contributed by atoms with Gasteiger partial charge < -0.3 is 15.1 Å². The molecule has 1 amide bonds. The van der Waals surface area contributed by atoms with Crippen molar-refractivity contribution in [1.82, 2.24) is 9.88 Å². The molecule has 29 heavy (non-hydrogen) atoms. The summed E-state index contributed by atoms with van der Waals surface area (Å²) in [5.74, 6) is -1.59. The number of phenols is 1. The van der Waals surface area contributed by atoms with E-state index < -0.39 is 17.7 Å². The van der Waals surface area contributed by atoms with E-state index in [0.717, 1.165) is 5.56 Å². The molecular weight excluding hydrogens is 368 g/mol. The number of aromatic nitrogens is 1. The Bertz CT molecular complexity index is 1080. The van der Waals surface area contributed by atoms with Crippen LogP contribution in [0.1, 0.15) is 22.7 Å². The molecule has 0 aliphatic carbocycles. The van der Waals surface area contributed by atoms with Gasteiger partial charge in [0.2, 0.25) is 0 Å². The predicted molar refractivity (Wildman–Crippen MR) is 107 cm³/mol. The number of hydrogen-bond donors (Lipinski definition) is 2. The summed E-state index contributed by atoms with van der Waals surface area (Å²) in [7, 11) is 0. The van der Waals surface area contributed by atoms with Crippen LogP contribution in [0.25, 0.3) is 5.76 Å². The van der Waals surface area contributed by atoms with Gasteiger partial charge in [-0.05, 0) is 29.3 Å². The first-order chi connectivity index (χ1) is 14.1. The molecule has 6 heteroatoms. The lowest BCUT2D eigenvalue weighted by Crippen LogP contribution is -2.29. The van der Waals surface area contributed by atoms with Gasteiger partial charge in [0.25, 0.3) is 11.7 Å². The Morgan fingerprint density at radius 2 is 1.69 bits per heavy atom. The normalized spacial score (nSPS) is 18.2. The zero-order chi connectivity index (χ0) is 20.4. The Labute approximate surface area is 167 Å². The van der Waals surface area contributed by atoms with Crippen molar-refractivity contribution in [2.24, 2.45) is 0 Å². The highest BCUT2D eigenvalue weighted by Crippen LogP contribution is 2.40. The average Bonchev–Trinajstić information content (AvgIpc) is 3.00. The fraction of sp³-hybridized carbons (Fsp3) is 0.0870. The van der Waals surface area contributed by atoms with E-state index >= 15 is 0 Å². The summed E-state index contributed by atoms with van der Waals surface area (Å²) in [5, 5.41) is 20.5. The number of amides is 1. The van der Waals surface area contributed by atoms with E-state index in [1.807, 2.05) is 6.07 Å². The Morgan fingerprint density at radius 1 is 0.966 bits per heavy atom. The van der Waals surface area contributed by atoms with Crippen molar-refractivity contribution in [2.45, 2.75) is 12.6 Å². The van der Waals surface area contributed by atoms with Gasteiger partial charge in [0.05, 0.1) is 11.6 Å². The number of nitrogens with zero attached hydrogens (tertiary/aromatic N) is 2. The number of benzene rings is 2. The molecule has 1 aromatic heterocycles. The number of aliphatic hydroxyl groups is 1. The maximum absolute atomic E-state index is 12.9. The molecular formula is C23H18N2O4. The lowest BCUT2D eigenvalue weighted by Gasteiger charge is -2.25. The second-order valence-corrected chi connectivity index (χ2v) is 6.75. The number of ketones is 1. The van der Waals surface area contributed by atoms with Gasteiger partial charge in [-0.15, -0.1) is 0 Å². The van der Waals surface area contributed by atoms with E-state index in [4.69, 9.17) is 0 Å². The van der Waals surface area contributed by atoms with Gasteiger partial charge in [0.15, 0.2) is 0 Å². The molecule has 0 spiro atoms. The first-order valence-electron chi connectivity index (χ1n) is 9.08. The Morgan fingerprint density at radius 3 is 2.34 bits per heavy atom. The Hall–Kier alpha value is -3.93. The van der Waals surface area contributed by atoms with Gasteiger partial charge in [-0.3, -0.25) is 14.6 Å². The second-order valence-electron chi connectivity index (χ2n) is 6.75. The molecule has 1 unspecified atom stereocenters. The number of rotatable bonds is 4. The Balaban J connectivity index is 1.86. The first-order valence-corrected chi connectivity index (χ1v) is 9.08. The number of aliphatic hydroxyl groups excluding tert-OH is 1. The van der Waals surface area contributed by atoms with E-state index in [-0.39, 0.29) is 23.6 Å². The SMILES string of the molecule is O=C1C(=O)N(Cc2cccnc2)C(c2ccc(O)cc2)C1=C(O)c1ccccc1. The van der Waals surface area contributed by atoms with E-state index in [1.165, 1.54) is 17.0 Å². The third kappa shape index (κ3) is 3.48. The van der Waals surface area contributed by atoms with Gasteiger partial charge in [0.1, 0.15) is 11.5 Å². The molecule has 0 radical (unpaired) electrons. The molecule has 1 aliphatic rings. The summed E-state index contributed by atoms with van der Waals surface area (Å²) in [6.07, 6.45) is 3.26. The van der Waals surface area contributed by atoms with Gasteiger partial charge in [-0.25, -0.2) is 0 Å². The van der Waals surface area contributed by atoms with Crippen LogP contribution >= 0.6 is 0 Å². The minimum Gasteiger partial charge on any atom is -0.508 e. The number of aromatic hydroxyl groups is 1. The summed E-state index contributed by atoms with van der Waals surface area (Å²) in [5.41, 5.74) is 1.85. The number of phenolic OH excluding ortho intramolecular Hbond substituents is 1. The topological polar surface area (TPSA) is 90.7 Å². The molecule has 4 rings (SSSR count). The third-order valence-electron chi connectivity index (χ3n) is 4.87. The fourth-order valence-electron chi connectivity index (χ4n) is 3.49. The van der Waals surface area contributed by atoms with Gasteiger partial charge in [-0.1, -0.05) is 48.5 Å². The molecule has 144 valence electrons. The predicted octanol–water partition coefficient (Wildman–Crippen LogP) is 3.41. The fourth-order valence-corrected chi connectivity index (χ4v) is 3.49. The van der Waals surface area contributed by atoms with Crippen LogP contribution in [0.15, 0.2) is 84.7 Å². The van der Waals surface area contributed by atoms with Crippen LogP contribution in [0.3, 0.4) is 0 Å². The number of Topliss-reactive ketones (excluding diaryl/α,β-unsaturated/α-hetero) is 1. The molecule has 1 atom stereocenters. The quantitative estimate of drug-likeness (QED) is 0.407. The molecule has 2 heterocycles. The van der Waals surface area contributed by atoms with Crippen LogP contribution in [0.5, 0.6) is 5.75 Å². The zero-order valence-corrected chi connectivity index (χ0v) is 15.4. The molecule has 3 aromatic rings. The van der Waals surface area contributed by atoms with Crippen LogP contribution in [0.2, 0.25) is 0 Å². The smallest absolute Gasteiger partial charge is 0.295 e. The highest BCUT2D eigenvalue weighted by Gasteiger charge is 2.46. The number of carbonyl (C=O) groups excluding carboxylic acids is 2. The molecule has 2 aromatic carbocycles. The minimum absolute atomic E-state index is 0.0239. The number of carbonyl (C=O) groups is 2. The summed E-state index contributed by atoms with van der Waals surface area (Å²) < 4.78 is 0. The lowest BCUT2D eigenvalue weighted by molar-refractivity contribution is -0.140. The van der Waals surface area contributed by atoms with Crippen LogP contribution < -0.4 is 0 Å². The molecule has 2 N–H and O–H groups in total. The second kappa shape index (κ2) is 7.59. The van der Waals surface area contributed by atoms with Crippen molar-refractivity contribution in [3.05, 3.63) is 101 Å². The summed E-state index contributed by atoms with van der Waals surface area (Å²) in [4.78, 5) is 31.2. The zero-order valence-electron chi connectivity index (χ0n) is 15.4. The molecule has 1 aliphatic heterocycles. The van der Waals surface area contributed by atoms with E-state index in [9.17, 15) is 19.8 Å². The van der Waals surface area contributed by atoms with Crippen LogP contribution in [0, 0.1) is 0 Å². The maximum atomic E-state index is 12.9. The molecule has 1 fully saturated rings. The van der Waals surface area contributed by atoms with Crippen LogP contribution in [-0.4, -0.2) is 31.8 Å². The van der Waals surface area contributed by atoms with Gasteiger partial charge in [0, 0.05) is 24.5 Å². The molecule has 0 bridgehead atoms. The summed E-state index contributed by atoms with van der Waals surface area (Å²) in [6.45, 7) is 0.162. The van der Waals surface area contributed by atoms with Crippen molar-refractivity contribution in [1.29, 1.82) is 0 Å². The maximum Gasteiger partial charge on any atom is 0.295 e. The third-order valence-corrected chi connectivity index (χ3v) is 4.87. The molecule has 0 saturated carbocycles. The van der Waals surface area contributed by atoms with Crippen molar-refractivity contribution < 1.29 is 19.8 Å². The largest absolute Gasteiger partial charge is 0.508 e. The van der Waals surface area contributed by atoms with Crippen molar-refractivity contribution in [3.63, 3.8) is 0 Å². The summed E-state index contributed by atoms with van der Waals surface area (Å²) >= 11 is 0. The highest BCUT2D eigenvalue weighted by atomic mass is 16.3. The number of pyridine rings is 1. The minimum atomic E-state index is -0.781. The van der Waals surface area contributed by atoms with E-state index in [0.29, 0.717) is 11.1 Å². The van der Waals surface area contributed by atoms with Crippen molar-refractivity contribution in [3.8, 4) is 5.75 Å². The van der Waals surface area contributed by atoms with Crippen molar-refractivity contribution in [2.75, 3.05) is 0 Å². The van der Waals surface area contributed by atoms with Crippen LogP contribution in [-0.2, 0) is 16.1 Å². The van der Waals surface area contributed by atoms with E-state index in [1.54, 1.807) is 60.9 Å². The number of hydrogen-bond acceptors (Lipinski definition) is 5. The van der Waals surface area contributed by atoms with Gasteiger partial charge in [-0.2, -0.15) is 0 Å². The highest BCUT2D eigenvalue weighted by molar-refractivity contribution is 6.46. The first kappa shape index (κ1) is 18.4. The monoisotopic (exact) mass is 386 g/mol.